The van der Waals surface area contributed by atoms with E-state index in [1.807, 2.05) is 12.1 Å². The van der Waals surface area contributed by atoms with Crippen molar-refractivity contribution in [3.05, 3.63) is 41.8 Å². The monoisotopic (exact) mass is 254 g/mol. The van der Waals surface area contributed by atoms with Crippen molar-refractivity contribution in [3.8, 4) is 6.07 Å². The van der Waals surface area contributed by atoms with Gasteiger partial charge in [0, 0.05) is 18.8 Å². The predicted molar refractivity (Wildman–Crippen MR) is 67.0 cm³/mol. The Kier molecular flexibility index (Phi) is 2.59. The van der Waals surface area contributed by atoms with E-state index in [0.717, 1.165) is 5.56 Å². The molecule has 2 aromatic heterocycles. The number of hydrogen-bond donors (Lipinski definition) is 0. The highest BCUT2D eigenvalue weighted by molar-refractivity contribution is 5.26. The van der Waals surface area contributed by atoms with Crippen molar-refractivity contribution >= 4 is 0 Å². The molecular formula is C14H14N4O. The van der Waals surface area contributed by atoms with E-state index in [0.29, 0.717) is 18.1 Å². The average molecular weight is 254 g/mol. The molecule has 19 heavy (non-hydrogen) atoms. The van der Waals surface area contributed by atoms with E-state index < -0.39 is 0 Å². The number of nitrogens with zero attached hydrogens (tertiary/aromatic N) is 4. The summed E-state index contributed by atoms with van der Waals surface area (Å²) in [5, 5.41) is 13.1. The molecule has 2 heterocycles. The Bertz CT molecular complexity index is 626. The van der Waals surface area contributed by atoms with Gasteiger partial charge in [-0.05, 0) is 23.1 Å². The standard InChI is InChI=1S/C14H14N4O/c1-14(2)10(8-15)12(14)13-17-11(18-19-13)7-9-3-5-16-6-4-9/h3-6,10,12H,7H2,1-2H3. The Morgan fingerprint density at radius 1 is 1.37 bits per heavy atom. The lowest BCUT2D eigenvalue weighted by Crippen LogP contribution is -1.93. The molecule has 1 saturated carbocycles. The molecule has 3 rings (SSSR count). The number of nitriles is 1. The van der Waals surface area contributed by atoms with E-state index in [4.69, 9.17) is 9.78 Å². The summed E-state index contributed by atoms with van der Waals surface area (Å²) >= 11 is 0. The molecule has 5 nitrogen and oxygen atoms in total. The molecule has 0 aromatic carbocycles. The lowest BCUT2D eigenvalue weighted by atomic mass is 10.1. The largest absolute Gasteiger partial charge is 0.339 e. The van der Waals surface area contributed by atoms with Crippen molar-refractivity contribution < 1.29 is 4.52 Å². The second-order valence-corrected chi connectivity index (χ2v) is 5.49. The zero-order valence-corrected chi connectivity index (χ0v) is 10.9. The normalized spacial score (nSPS) is 23.8. The van der Waals surface area contributed by atoms with Crippen LogP contribution in [0.15, 0.2) is 29.0 Å². The fourth-order valence-electron chi connectivity index (χ4n) is 2.49. The smallest absolute Gasteiger partial charge is 0.231 e. The van der Waals surface area contributed by atoms with Crippen LogP contribution in [0.4, 0.5) is 0 Å². The molecule has 0 N–H and O–H groups in total. The van der Waals surface area contributed by atoms with Gasteiger partial charge in [-0.2, -0.15) is 10.2 Å². The Balaban J connectivity index is 1.77. The minimum absolute atomic E-state index is 0.0262. The van der Waals surface area contributed by atoms with Gasteiger partial charge in [-0.1, -0.05) is 19.0 Å². The molecule has 5 heteroatoms. The molecule has 0 saturated heterocycles. The van der Waals surface area contributed by atoms with E-state index in [9.17, 15) is 0 Å². The Labute approximate surface area is 111 Å². The van der Waals surface area contributed by atoms with E-state index in [-0.39, 0.29) is 17.3 Å². The molecule has 0 amide bonds. The molecule has 0 radical (unpaired) electrons. The van der Waals surface area contributed by atoms with Crippen molar-refractivity contribution in [1.82, 2.24) is 15.1 Å². The number of pyridine rings is 1. The quantitative estimate of drug-likeness (QED) is 0.840. The van der Waals surface area contributed by atoms with Crippen molar-refractivity contribution in [3.63, 3.8) is 0 Å². The molecule has 96 valence electrons. The van der Waals surface area contributed by atoms with E-state index in [1.165, 1.54) is 0 Å². The molecule has 0 bridgehead atoms. The maximum Gasteiger partial charge on any atom is 0.231 e. The van der Waals surface area contributed by atoms with Gasteiger partial charge in [-0.3, -0.25) is 4.98 Å². The van der Waals surface area contributed by atoms with Crippen molar-refractivity contribution in [2.45, 2.75) is 26.2 Å². The molecule has 2 aromatic rings. The highest BCUT2D eigenvalue weighted by atomic mass is 16.5. The summed E-state index contributed by atoms with van der Waals surface area (Å²) in [6.07, 6.45) is 4.11. The Morgan fingerprint density at radius 2 is 2.11 bits per heavy atom. The van der Waals surface area contributed by atoms with E-state index in [2.05, 4.69) is 35.0 Å². The molecule has 1 aliphatic carbocycles. The lowest BCUT2D eigenvalue weighted by molar-refractivity contribution is 0.363. The van der Waals surface area contributed by atoms with Gasteiger partial charge in [-0.25, -0.2) is 0 Å². The van der Waals surface area contributed by atoms with Crippen LogP contribution in [-0.2, 0) is 6.42 Å². The summed E-state index contributed by atoms with van der Waals surface area (Å²) < 4.78 is 5.30. The first-order valence-corrected chi connectivity index (χ1v) is 6.24. The van der Waals surface area contributed by atoms with Gasteiger partial charge in [-0.15, -0.1) is 0 Å². The van der Waals surface area contributed by atoms with Crippen LogP contribution in [0.3, 0.4) is 0 Å². The zero-order chi connectivity index (χ0) is 13.5. The van der Waals surface area contributed by atoms with Gasteiger partial charge in [0.1, 0.15) is 0 Å². The van der Waals surface area contributed by atoms with Crippen LogP contribution < -0.4 is 0 Å². The number of rotatable bonds is 3. The highest BCUT2D eigenvalue weighted by Gasteiger charge is 2.62. The second kappa shape index (κ2) is 4.16. The summed E-state index contributed by atoms with van der Waals surface area (Å²) in [6, 6.07) is 6.15. The van der Waals surface area contributed by atoms with Crippen LogP contribution in [0.1, 0.15) is 37.0 Å². The predicted octanol–water partition coefficient (Wildman–Crippen LogP) is 2.32. The Hall–Kier alpha value is -2.22. The molecule has 0 spiro atoms. The number of aromatic nitrogens is 3. The minimum Gasteiger partial charge on any atom is -0.339 e. The van der Waals surface area contributed by atoms with Gasteiger partial charge < -0.3 is 4.52 Å². The first-order valence-electron chi connectivity index (χ1n) is 6.24. The first-order chi connectivity index (χ1) is 9.13. The van der Waals surface area contributed by atoms with E-state index >= 15 is 0 Å². The molecule has 0 aliphatic heterocycles. The van der Waals surface area contributed by atoms with Crippen molar-refractivity contribution in [1.29, 1.82) is 5.26 Å². The zero-order valence-electron chi connectivity index (χ0n) is 10.9. The molecule has 2 atom stereocenters. The summed E-state index contributed by atoms with van der Waals surface area (Å²) in [4.78, 5) is 8.38. The van der Waals surface area contributed by atoms with Crippen LogP contribution >= 0.6 is 0 Å². The average Bonchev–Trinajstić information content (AvgIpc) is 2.72. The maximum absolute atomic E-state index is 9.07. The topological polar surface area (TPSA) is 75.6 Å². The third kappa shape index (κ3) is 1.99. The first kappa shape index (κ1) is 11.8. The minimum atomic E-state index is -0.0603. The second-order valence-electron chi connectivity index (χ2n) is 5.49. The van der Waals surface area contributed by atoms with Crippen LogP contribution in [0, 0.1) is 22.7 Å². The maximum atomic E-state index is 9.07. The van der Waals surface area contributed by atoms with Gasteiger partial charge >= 0.3 is 0 Å². The molecule has 1 fully saturated rings. The summed E-state index contributed by atoms with van der Waals surface area (Å²) in [5.41, 5.74) is 1.03. The van der Waals surface area contributed by atoms with Gasteiger partial charge in [0.15, 0.2) is 5.82 Å². The Morgan fingerprint density at radius 3 is 2.74 bits per heavy atom. The highest BCUT2D eigenvalue weighted by Crippen LogP contribution is 2.63. The molecular weight excluding hydrogens is 240 g/mol. The van der Waals surface area contributed by atoms with Gasteiger partial charge in [0.25, 0.3) is 0 Å². The van der Waals surface area contributed by atoms with Crippen molar-refractivity contribution in [2.24, 2.45) is 11.3 Å². The summed E-state index contributed by atoms with van der Waals surface area (Å²) in [6.45, 7) is 4.11. The van der Waals surface area contributed by atoms with Crippen LogP contribution in [0.2, 0.25) is 0 Å². The van der Waals surface area contributed by atoms with Gasteiger partial charge in [0.2, 0.25) is 5.89 Å². The lowest BCUT2D eigenvalue weighted by Gasteiger charge is -1.95. The third-order valence-electron chi connectivity index (χ3n) is 3.83. The van der Waals surface area contributed by atoms with Crippen LogP contribution in [0.25, 0.3) is 0 Å². The van der Waals surface area contributed by atoms with Crippen LogP contribution in [0.5, 0.6) is 0 Å². The SMILES string of the molecule is CC1(C)C(C#N)C1c1nc(Cc2ccncc2)no1. The van der Waals surface area contributed by atoms with Gasteiger partial charge in [0.05, 0.1) is 17.9 Å². The fraction of sp³-hybridized carbons (Fsp3) is 0.429. The fourth-order valence-corrected chi connectivity index (χ4v) is 2.49. The van der Waals surface area contributed by atoms with E-state index in [1.54, 1.807) is 12.4 Å². The van der Waals surface area contributed by atoms with Crippen molar-refractivity contribution in [2.75, 3.05) is 0 Å². The summed E-state index contributed by atoms with van der Waals surface area (Å²) in [7, 11) is 0. The van der Waals surface area contributed by atoms with Crippen LogP contribution in [-0.4, -0.2) is 15.1 Å². The number of hydrogen-bond acceptors (Lipinski definition) is 5. The molecule has 2 unspecified atom stereocenters. The third-order valence-corrected chi connectivity index (χ3v) is 3.83. The summed E-state index contributed by atoms with van der Waals surface area (Å²) in [5.74, 6) is 1.28. The molecule has 1 aliphatic rings.